The minimum absolute atomic E-state index is 0.262. The highest BCUT2D eigenvalue weighted by atomic mass is 16.5. The molecular weight excluding hydrogens is 276 g/mol. The van der Waals surface area contributed by atoms with Crippen LogP contribution in [0.5, 0.6) is 0 Å². The van der Waals surface area contributed by atoms with Gasteiger partial charge in [-0.1, -0.05) is 43.7 Å². The van der Waals surface area contributed by atoms with Crippen molar-refractivity contribution in [3.63, 3.8) is 0 Å². The van der Waals surface area contributed by atoms with Gasteiger partial charge < -0.3 is 15.4 Å². The van der Waals surface area contributed by atoms with Crippen molar-refractivity contribution >= 4 is 6.09 Å². The molecule has 4 nitrogen and oxygen atoms in total. The molecule has 0 heterocycles. The largest absolute Gasteiger partial charge is 0.445 e. The third-order valence-electron chi connectivity index (χ3n) is 4.98. The van der Waals surface area contributed by atoms with Crippen molar-refractivity contribution in [2.24, 2.45) is 5.92 Å². The highest BCUT2D eigenvalue weighted by Crippen LogP contribution is 2.28. The molecule has 0 bridgehead atoms. The Bertz CT molecular complexity index is 485. The number of amides is 1. The molecule has 22 heavy (non-hydrogen) atoms. The van der Waals surface area contributed by atoms with E-state index in [-0.39, 0.29) is 12.1 Å². The second kappa shape index (κ2) is 7.14. The average molecular weight is 302 g/mol. The fraction of sp³-hybridized carbons (Fsp3) is 0.611. The van der Waals surface area contributed by atoms with Crippen LogP contribution in [0.25, 0.3) is 0 Å². The van der Waals surface area contributed by atoms with Gasteiger partial charge in [-0.15, -0.1) is 0 Å². The maximum atomic E-state index is 11.8. The summed E-state index contributed by atoms with van der Waals surface area (Å²) in [6.07, 6.45) is 5.72. The lowest BCUT2D eigenvalue weighted by Gasteiger charge is -2.38. The van der Waals surface area contributed by atoms with E-state index in [2.05, 4.69) is 17.6 Å². The van der Waals surface area contributed by atoms with Gasteiger partial charge in [-0.3, -0.25) is 0 Å². The van der Waals surface area contributed by atoms with Crippen molar-refractivity contribution in [3.05, 3.63) is 35.9 Å². The molecule has 1 amide bonds. The number of benzene rings is 1. The summed E-state index contributed by atoms with van der Waals surface area (Å²) >= 11 is 0. The summed E-state index contributed by atoms with van der Waals surface area (Å²) in [5, 5.41) is 6.69. The van der Waals surface area contributed by atoms with Crippen molar-refractivity contribution in [1.82, 2.24) is 10.6 Å². The lowest BCUT2D eigenvalue weighted by atomic mass is 9.85. The zero-order valence-electron chi connectivity index (χ0n) is 13.3. The summed E-state index contributed by atoms with van der Waals surface area (Å²) in [7, 11) is 0. The van der Waals surface area contributed by atoms with Crippen molar-refractivity contribution < 1.29 is 9.53 Å². The van der Waals surface area contributed by atoms with E-state index in [1.165, 1.54) is 19.3 Å². The first-order chi connectivity index (χ1) is 10.7. The van der Waals surface area contributed by atoms with Gasteiger partial charge in [0.25, 0.3) is 0 Å². The number of hydrogen-bond acceptors (Lipinski definition) is 3. The van der Waals surface area contributed by atoms with Crippen LogP contribution in [0.3, 0.4) is 0 Å². The Labute approximate surface area is 132 Å². The molecule has 3 rings (SSSR count). The maximum Gasteiger partial charge on any atom is 0.407 e. The molecule has 2 fully saturated rings. The van der Waals surface area contributed by atoms with Crippen LogP contribution in [0.2, 0.25) is 0 Å². The average Bonchev–Trinajstić information content (AvgIpc) is 2.89. The molecule has 0 aromatic heterocycles. The first-order valence-electron chi connectivity index (χ1n) is 8.44. The van der Waals surface area contributed by atoms with E-state index in [9.17, 15) is 4.79 Å². The molecule has 2 N–H and O–H groups in total. The minimum atomic E-state index is -0.304. The highest BCUT2D eigenvalue weighted by Gasteiger charge is 2.34. The fourth-order valence-electron chi connectivity index (χ4n) is 3.50. The molecule has 2 aliphatic carbocycles. The van der Waals surface area contributed by atoms with Crippen LogP contribution in [0.15, 0.2) is 30.3 Å². The predicted octanol–water partition coefficient (Wildman–Crippen LogP) is 3.22. The number of hydrogen-bond donors (Lipinski definition) is 2. The Morgan fingerprint density at radius 3 is 2.64 bits per heavy atom. The van der Waals surface area contributed by atoms with Gasteiger partial charge in [-0.2, -0.15) is 0 Å². The number of rotatable bonds is 5. The van der Waals surface area contributed by atoms with Crippen LogP contribution in [-0.2, 0) is 11.3 Å². The van der Waals surface area contributed by atoms with Crippen molar-refractivity contribution in [1.29, 1.82) is 0 Å². The maximum absolute atomic E-state index is 11.8. The first kappa shape index (κ1) is 15.3. The van der Waals surface area contributed by atoms with Gasteiger partial charge >= 0.3 is 6.09 Å². The Morgan fingerprint density at radius 2 is 1.95 bits per heavy atom. The molecule has 2 unspecified atom stereocenters. The van der Waals surface area contributed by atoms with E-state index in [0.717, 1.165) is 24.3 Å². The monoisotopic (exact) mass is 302 g/mol. The van der Waals surface area contributed by atoms with Gasteiger partial charge in [-0.25, -0.2) is 4.79 Å². The standard InChI is InChI=1S/C18H26N2O2/c1-13-6-5-9-17(13)19-15-10-16(11-15)20-18(21)22-12-14-7-3-2-4-8-14/h2-4,7-8,13,15-17,19H,5-6,9-12H2,1H3,(H,20,21). The molecule has 2 atom stereocenters. The molecule has 1 aromatic rings. The SMILES string of the molecule is CC1CCCC1NC1CC(NC(=O)OCc2ccccc2)C1. The summed E-state index contributed by atoms with van der Waals surface area (Å²) in [6.45, 7) is 2.67. The van der Waals surface area contributed by atoms with E-state index in [4.69, 9.17) is 4.74 Å². The molecule has 2 saturated carbocycles. The number of ether oxygens (including phenoxy) is 1. The second-order valence-corrected chi connectivity index (χ2v) is 6.75. The summed E-state index contributed by atoms with van der Waals surface area (Å²) < 4.78 is 5.25. The number of carbonyl (C=O) groups is 1. The van der Waals surface area contributed by atoms with Crippen LogP contribution < -0.4 is 10.6 Å². The van der Waals surface area contributed by atoms with Crippen LogP contribution in [0.4, 0.5) is 4.79 Å². The predicted molar refractivity (Wildman–Crippen MR) is 86.5 cm³/mol. The number of carbonyl (C=O) groups excluding carboxylic acids is 1. The third-order valence-corrected chi connectivity index (χ3v) is 4.98. The fourth-order valence-corrected chi connectivity index (χ4v) is 3.50. The number of nitrogens with one attached hydrogen (secondary N) is 2. The zero-order valence-corrected chi connectivity index (χ0v) is 13.3. The smallest absolute Gasteiger partial charge is 0.407 e. The Balaban J connectivity index is 1.31. The Hall–Kier alpha value is -1.55. The second-order valence-electron chi connectivity index (χ2n) is 6.75. The van der Waals surface area contributed by atoms with Gasteiger partial charge in [-0.05, 0) is 37.2 Å². The van der Waals surface area contributed by atoms with Gasteiger partial charge in [0.1, 0.15) is 6.61 Å². The van der Waals surface area contributed by atoms with Crippen molar-refractivity contribution in [2.75, 3.05) is 0 Å². The lowest BCUT2D eigenvalue weighted by Crippen LogP contribution is -2.55. The topological polar surface area (TPSA) is 50.4 Å². The highest BCUT2D eigenvalue weighted by molar-refractivity contribution is 5.67. The van der Waals surface area contributed by atoms with Gasteiger partial charge in [0, 0.05) is 18.1 Å². The molecule has 0 saturated heterocycles. The Kier molecular flexibility index (Phi) is 4.98. The van der Waals surface area contributed by atoms with Gasteiger partial charge in [0.05, 0.1) is 0 Å². The third kappa shape index (κ3) is 4.01. The summed E-state index contributed by atoms with van der Waals surface area (Å²) in [4.78, 5) is 11.8. The van der Waals surface area contributed by atoms with Gasteiger partial charge in [0.2, 0.25) is 0 Å². The lowest BCUT2D eigenvalue weighted by molar-refractivity contribution is 0.123. The van der Waals surface area contributed by atoms with E-state index in [1.54, 1.807) is 0 Å². The summed E-state index contributed by atoms with van der Waals surface area (Å²) in [5.74, 6) is 0.794. The first-order valence-corrected chi connectivity index (χ1v) is 8.44. The molecule has 0 aliphatic heterocycles. The molecule has 1 aromatic carbocycles. The summed E-state index contributed by atoms with van der Waals surface area (Å²) in [6, 6.07) is 11.3. The molecule has 0 spiro atoms. The molecule has 2 aliphatic rings. The van der Waals surface area contributed by atoms with Crippen LogP contribution in [0, 0.1) is 5.92 Å². The van der Waals surface area contributed by atoms with E-state index >= 15 is 0 Å². The molecule has 4 heteroatoms. The van der Waals surface area contributed by atoms with Crippen molar-refractivity contribution in [3.8, 4) is 0 Å². The van der Waals surface area contributed by atoms with Crippen LogP contribution >= 0.6 is 0 Å². The normalized spacial score (nSPS) is 30.6. The quantitative estimate of drug-likeness (QED) is 0.878. The molecule has 120 valence electrons. The van der Waals surface area contributed by atoms with Crippen LogP contribution in [0.1, 0.15) is 44.6 Å². The van der Waals surface area contributed by atoms with E-state index in [1.807, 2.05) is 30.3 Å². The van der Waals surface area contributed by atoms with Crippen molar-refractivity contribution in [2.45, 2.75) is 63.8 Å². The van der Waals surface area contributed by atoms with E-state index in [0.29, 0.717) is 18.7 Å². The van der Waals surface area contributed by atoms with Crippen LogP contribution in [-0.4, -0.2) is 24.2 Å². The zero-order chi connectivity index (χ0) is 15.4. The summed E-state index contributed by atoms with van der Waals surface area (Å²) in [5.41, 5.74) is 1.01. The number of alkyl carbamates (subject to hydrolysis) is 1. The minimum Gasteiger partial charge on any atom is -0.445 e. The molecular formula is C18H26N2O2. The Morgan fingerprint density at radius 1 is 1.18 bits per heavy atom. The van der Waals surface area contributed by atoms with E-state index < -0.39 is 0 Å². The van der Waals surface area contributed by atoms with Gasteiger partial charge in [0.15, 0.2) is 0 Å². The molecule has 0 radical (unpaired) electrons.